The molecule has 1 atom stereocenters. The molecular weight excluding hydrogens is 443 g/mol. The van der Waals surface area contributed by atoms with Gasteiger partial charge in [-0.3, -0.25) is 0 Å². The van der Waals surface area contributed by atoms with Crippen molar-refractivity contribution in [2.45, 2.75) is 52.4 Å². The highest BCUT2D eigenvalue weighted by atomic mass is 31.1. The molecule has 182 valence electrons. The number of nitrogens with zero attached hydrogens (tertiary/aromatic N) is 1. The van der Waals surface area contributed by atoms with E-state index in [2.05, 4.69) is 103 Å². The van der Waals surface area contributed by atoms with Crippen molar-refractivity contribution >= 4 is 14.4 Å². The molecule has 1 aromatic heterocycles. The van der Waals surface area contributed by atoms with Crippen molar-refractivity contribution in [3.8, 4) is 35.8 Å². The normalized spacial score (nSPS) is 10.1. The highest BCUT2D eigenvalue weighted by molar-refractivity contribution is 7.40. The maximum atomic E-state index is 6.07. The van der Waals surface area contributed by atoms with E-state index in [0.717, 1.165) is 52.7 Å². The molecule has 0 fully saturated rings. The minimum Gasteiger partial charge on any atom is -0.383 e. The monoisotopic (exact) mass is 482 g/mol. The third-order valence-corrected chi connectivity index (χ3v) is 5.74. The zero-order valence-electron chi connectivity index (χ0n) is 21.4. The Morgan fingerprint density at radius 2 is 1.66 bits per heavy atom. The van der Waals surface area contributed by atoms with E-state index in [0.29, 0.717) is 5.82 Å². The van der Waals surface area contributed by atoms with Crippen molar-refractivity contribution in [2.24, 2.45) is 0 Å². The molecule has 2 N–H and O–H groups in total. The Balaban J connectivity index is 0.000000521. The van der Waals surface area contributed by atoms with Crippen LogP contribution < -0.4 is 5.73 Å². The zero-order chi connectivity index (χ0) is 25.7. The summed E-state index contributed by atoms with van der Waals surface area (Å²) in [6, 6.07) is 21.5. The van der Waals surface area contributed by atoms with Gasteiger partial charge in [-0.1, -0.05) is 79.8 Å². The van der Waals surface area contributed by atoms with Crippen LogP contribution in [0.5, 0.6) is 0 Å². The third-order valence-electron chi connectivity index (χ3n) is 5.18. The van der Waals surface area contributed by atoms with E-state index in [1.54, 1.807) is 6.92 Å². The predicted octanol–water partition coefficient (Wildman–Crippen LogP) is 7.93. The highest BCUT2D eigenvalue weighted by Gasteiger charge is 2.08. The average molecular weight is 483 g/mol. The van der Waals surface area contributed by atoms with Crippen molar-refractivity contribution in [3.05, 3.63) is 95.4 Å². The molecule has 0 saturated carbocycles. The van der Waals surface area contributed by atoms with E-state index in [1.807, 2.05) is 12.3 Å². The number of anilines is 1. The summed E-state index contributed by atoms with van der Waals surface area (Å²) in [4.78, 5) is 4.45. The molecule has 0 aliphatic rings. The van der Waals surface area contributed by atoms with Crippen LogP contribution in [0.15, 0.2) is 78.8 Å². The lowest BCUT2D eigenvalue weighted by Crippen LogP contribution is -2.00. The largest absolute Gasteiger partial charge is 0.383 e. The first-order valence-electron chi connectivity index (χ1n) is 12.1. The third kappa shape index (κ3) is 12.1. The van der Waals surface area contributed by atoms with Gasteiger partial charge in [-0.2, -0.15) is 0 Å². The molecule has 0 spiro atoms. The zero-order valence-corrected chi connectivity index (χ0v) is 22.4. The number of aryl methyl sites for hydroxylation is 3. The topological polar surface area (TPSA) is 38.9 Å². The first-order chi connectivity index (χ1) is 17.1. The van der Waals surface area contributed by atoms with E-state index in [1.165, 1.54) is 22.3 Å². The summed E-state index contributed by atoms with van der Waals surface area (Å²) in [6.07, 6.45) is 19.6. The number of unbranched alkanes of at least 4 members (excludes halogenated alkanes) is 1. The molecule has 0 aliphatic heterocycles. The first kappa shape index (κ1) is 29.7. The van der Waals surface area contributed by atoms with Gasteiger partial charge in [-0.15, -0.1) is 33.3 Å². The molecule has 3 aromatic rings. The van der Waals surface area contributed by atoms with Crippen LogP contribution in [0.4, 0.5) is 5.82 Å². The summed E-state index contributed by atoms with van der Waals surface area (Å²) in [6.45, 7) is 5.97. The van der Waals surface area contributed by atoms with Crippen molar-refractivity contribution < 1.29 is 0 Å². The number of aromatic nitrogens is 1. The summed E-state index contributed by atoms with van der Waals surface area (Å²) in [5.41, 5.74) is 12.4. The predicted molar refractivity (Wildman–Crippen MR) is 158 cm³/mol. The number of nitrogens with two attached hydrogens (primary N) is 1. The van der Waals surface area contributed by atoms with Gasteiger partial charge in [-0.25, -0.2) is 4.98 Å². The van der Waals surface area contributed by atoms with Crippen LogP contribution >= 0.6 is 8.58 Å². The number of hydrogen-bond acceptors (Lipinski definition) is 2. The number of allylic oxidation sites excluding steroid dienone is 1. The van der Waals surface area contributed by atoms with Gasteiger partial charge < -0.3 is 5.73 Å². The fourth-order valence-electron chi connectivity index (χ4n) is 3.42. The number of benzene rings is 2. The molecule has 35 heavy (non-hydrogen) atoms. The van der Waals surface area contributed by atoms with Crippen LogP contribution in [0.25, 0.3) is 11.1 Å². The number of pyridine rings is 1. The SMILES string of the molecule is C#CC.C#CC/C=C\PC.CCCCc1cc(-c2ccccc2CCc2ccccc2)cnc1N. The number of hydrogen-bond donors (Lipinski definition) is 1. The number of terminal acetylenes is 2. The Labute approximate surface area is 215 Å². The van der Waals surface area contributed by atoms with Crippen LogP contribution in [0.3, 0.4) is 0 Å². The maximum absolute atomic E-state index is 6.07. The Bertz CT molecular complexity index is 1090. The van der Waals surface area contributed by atoms with E-state index >= 15 is 0 Å². The lowest BCUT2D eigenvalue weighted by atomic mass is 9.94. The van der Waals surface area contributed by atoms with Crippen LogP contribution in [0, 0.1) is 24.7 Å². The van der Waals surface area contributed by atoms with Crippen molar-refractivity contribution in [3.63, 3.8) is 0 Å². The van der Waals surface area contributed by atoms with Gasteiger partial charge in [0.25, 0.3) is 0 Å². The second-order valence-corrected chi connectivity index (χ2v) is 8.81. The fraction of sp³-hybridized carbons (Fsp3) is 0.281. The fourth-order valence-corrected chi connectivity index (χ4v) is 3.78. The summed E-state index contributed by atoms with van der Waals surface area (Å²) >= 11 is 0. The Morgan fingerprint density at radius 3 is 2.31 bits per heavy atom. The molecule has 2 aromatic carbocycles. The highest BCUT2D eigenvalue weighted by Crippen LogP contribution is 2.27. The minimum atomic E-state index is 0.666. The Morgan fingerprint density at radius 1 is 0.971 bits per heavy atom. The minimum absolute atomic E-state index is 0.666. The Kier molecular flexibility index (Phi) is 16.2. The van der Waals surface area contributed by atoms with E-state index in [-0.39, 0.29) is 0 Å². The summed E-state index contributed by atoms with van der Waals surface area (Å²) < 4.78 is 0. The number of rotatable bonds is 9. The van der Waals surface area contributed by atoms with Gasteiger partial charge in [0.15, 0.2) is 0 Å². The first-order valence-corrected chi connectivity index (χ1v) is 13.7. The molecule has 3 heteroatoms. The number of nitrogen functional groups attached to an aromatic ring is 1. The lowest BCUT2D eigenvalue weighted by molar-refractivity contribution is 0.794. The molecule has 1 heterocycles. The molecule has 2 nitrogen and oxygen atoms in total. The standard InChI is InChI=1S/C23H26N2.C6H9P.C3H4/c1-2-3-11-20-16-21(17-25-23(20)24)22-13-8-7-12-19(22)15-14-18-9-5-4-6-10-18;1-3-4-5-6-7-2;1-3-2/h4-10,12-13,16-17H,2-3,11,14-15H2,1H3,(H2,24,25);1,5-7H,4H2,2H3;1H,2H3/b;6-5-;. The van der Waals surface area contributed by atoms with Crippen LogP contribution in [-0.4, -0.2) is 11.6 Å². The van der Waals surface area contributed by atoms with Gasteiger partial charge >= 0.3 is 0 Å². The Hall–Kier alpha value is -3.32. The summed E-state index contributed by atoms with van der Waals surface area (Å²) in [5, 5.41) is 0. The second-order valence-electron chi connectivity index (χ2n) is 7.90. The smallest absolute Gasteiger partial charge is 0.126 e. The molecular formula is C32H39N2P. The maximum Gasteiger partial charge on any atom is 0.126 e. The van der Waals surface area contributed by atoms with E-state index in [4.69, 9.17) is 12.2 Å². The van der Waals surface area contributed by atoms with Crippen molar-refractivity contribution in [2.75, 3.05) is 12.4 Å². The van der Waals surface area contributed by atoms with Gasteiger partial charge in [0, 0.05) is 18.2 Å². The summed E-state index contributed by atoms with van der Waals surface area (Å²) in [5.74, 6) is 7.53. The van der Waals surface area contributed by atoms with Crippen molar-refractivity contribution in [1.29, 1.82) is 0 Å². The molecule has 0 aliphatic carbocycles. The van der Waals surface area contributed by atoms with Gasteiger partial charge in [0.05, 0.1) is 0 Å². The van der Waals surface area contributed by atoms with Gasteiger partial charge in [0.1, 0.15) is 5.82 Å². The molecule has 0 amide bonds. The van der Waals surface area contributed by atoms with E-state index < -0.39 is 0 Å². The van der Waals surface area contributed by atoms with Gasteiger partial charge in [-0.05, 0) is 67.6 Å². The molecule has 0 saturated heterocycles. The lowest BCUT2D eigenvalue weighted by Gasteiger charge is -2.12. The quantitative estimate of drug-likeness (QED) is 0.248. The average Bonchev–Trinajstić information content (AvgIpc) is 2.89. The van der Waals surface area contributed by atoms with E-state index in [9.17, 15) is 0 Å². The molecule has 0 radical (unpaired) electrons. The van der Waals surface area contributed by atoms with Crippen LogP contribution in [0.2, 0.25) is 0 Å². The van der Waals surface area contributed by atoms with Crippen molar-refractivity contribution in [1.82, 2.24) is 4.98 Å². The molecule has 3 rings (SSSR count). The second kappa shape index (κ2) is 19.0. The van der Waals surface area contributed by atoms with Gasteiger partial charge in [0.2, 0.25) is 0 Å². The summed E-state index contributed by atoms with van der Waals surface area (Å²) in [7, 11) is 0.892. The molecule has 1 unspecified atom stereocenters. The van der Waals surface area contributed by atoms with Crippen LogP contribution in [-0.2, 0) is 19.3 Å². The van der Waals surface area contributed by atoms with Crippen LogP contribution in [0.1, 0.15) is 49.8 Å². The molecule has 0 bridgehead atoms.